The Balaban J connectivity index is 0.000000364. The predicted molar refractivity (Wildman–Crippen MR) is 56.0 cm³/mol. The fraction of sp³-hybridized carbons (Fsp3) is 0. The summed E-state index contributed by atoms with van der Waals surface area (Å²) < 4.78 is 72.5. The minimum atomic E-state index is -1.29. The molecule has 0 atom stereocenters. The normalized spacial score (nSPS) is 9.43. The number of phenolic OH excluding ortho intramolecular Hbond substituents is 2. The third-order valence-corrected chi connectivity index (χ3v) is 1.96. The van der Waals surface area contributed by atoms with Crippen molar-refractivity contribution in [2.24, 2.45) is 0 Å². The van der Waals surface area contributed by atoms with Crippen molar-refractivity contribution in [2.45, 2.75) is 0 Å². The SMILES string of the molecule is Oc1c(F)cc(F)cc1F.Oc1c(F)cc(F)cc1F.[Zn]. The van der Waals surface area contributed by atoms with Crippen molar-refractivity contribution in [2.75, 3.05) is 0 Å². The van der Waals surface area contributed by atoms with Crippen LogP contribution in [0.2, 0.25) is 0 Å². The van der Waals surface area contributed by atoms with Gasteiger partial charge in [0.05, 0.1) is 0 Å². The first-order chi connectivity index (χ1) is 9.22. The Morgan fingerprint density at radius 2 is 0.714 bits per heavy atom. The molecule has 0 amide bonds. The van der Waals surface area contributed by atoms with E-state index in [1.807, 2.05) is 0 Å². The molecule has 2 nitrogen and oxygen atoms in total. The molecule has 0 aliphatic carbocycles. The summed E-state index contributed by atoms with van der Waals surface area (Å²) in [5.41, 5.74) is 0. The molecule has 0 bridgehead atoms. The molecule has 2 aromatic carbocycles. The zero-order valence-corrected chi connectivity index (χ0v) is 13.1. The third kappa shape index (κ3) is 5.26. The van der Waals surface area contributed by atoms with E-state index in [-0.39, 0.29) is 19.5 Å². The predicted octanol–water partition coefficient (Wildman–Crippen LogP) is 3.62. The van der Waals surface area contributed by atoms with Crippen LogP contribution in [0.15, 0.2) is 24.3 Å². The molecule has 0 unspecified atom stereocenters. The summed E-state index contributed by atoms with van der Waals surface area (Å²) in [6.45, 7) is 0. The number of hydrogen-bond acceptors (Lipinski definition) is 2. The van der Waals surface area contributed by atoms with Crippen LogP contribution in [-0.2, 0) is 19.5 Å². The number of phenols is 2. The molecular formula is C12H6F6O2Zn. The van der Waals surface area contributed by atoms with E-state index in [2.05, 4.69) is 0 Å². The van der Waals surface area contributed by atoms with Crippen LogP contribution >= 0.6 is 0 Å². The average Bonchev–Trinajstić information content (AvgIpc) is 2.33. The maximum atomic E-state index is 12.1. The zero-order chi connectivity index (χ0) is 15.4. The summed E-state index contributed by atoms with van der Waals surface area (Å²) >= 11 is 0. The van der Waals surface area contributed by atoms with E-state index >= 15 is 0 Å². The zero-order valence-electron chi connectivity index (χ0n) is 10.2. The Bertz CT molecular complexity index is 534. The van der Waals surface area contributed by atoms with Gasteiger partial charge >= 0.3 is 0 Å². The molecule has 0 aromatic heterocycles. The molecule has 0 fully saturated rings. The average molecular weight is 362 g/mol. The molecule has 110 valence electrons. The Labute approximate surface area is 127 Å². The molecule has 0 heterocycles. The molecule has 0 aliphatic heterocycles. The van der Waals surface area contributed by atoms with Gasteiger partial charge < -0.3 is 10.2 Å². The summed E-state index contributed by atoms with van der Waals surface area (Å²) in [6.07, 6.45) is 0. The molecule has 2 aromatic rings. The molecule has 0 radical (unpaired) electrons. The van der Waals surface area contributed by atoms with Crippen LogP contribution in [0.1, 0.15) is 0 Å². The summed E-state index contributed by atoms with van der Waals surface area (Å²) in [6, 6.07) is 1.60. The van der Waals surface area contributed by atoms with Crippen LogP contribution < -0.4 is 0 Å². The van der Waals surface area contributed by atoms with Crippen molar-refractivity contribution in [1.82, 2.24) is 0 Å². The van der Waals surface area contributed by atoms with Crippen molar-refractivity contribution in [1.29, 1.82) is 0 Å². The topological polar surface area (TPSA) is 40.5 Å². The van der Waals surface area contributed by atoms with Gasteiger partial charge in [0.1, 0.15) is 11.6 Å². The van der Waals surface area contributed by atoms with Gasteiger partial charge in [0.15, 0.2) is 34.8 Å². The largest absolute Gasteiger partial charge is 0.503 e. The maximum Gasteiger partial charge on any atom is 0.187 e. The number of rotatable bonds is 0. The number of aromatic hydroxyl groups is 2. The van der Waals surface area contributed by atoms with E-state index in [9.17, 15) is 26.3 Å². The van der Waals surface area contributed by atoms with E-state index in [1.165, 1.54) is 0 Å². The molecule has 0 spiro atoms. The minimum absolute atomic E-state index is 0. The van der Waals surface area contributed by atoms with Crippen molar-refractivity contribution in [3.8, 4) is 11.5 Å². The second-order valence-corrected chi connectivity index (χ2v) is 3.44. The fourth-order valence-corrected chi connectivity index (χ4v) is 1.07. The third-order valence-electron chi connectivity index (χ3n) is 1.96. The van der Waals surface area contributed by atoms with Gasteiger partial charge in [0.2, 0.25) is 0 Å². The molecule has 21 heavy (non-hydrogen) atoms. The van der Waals surface area contributed by atoms with E-state index in [0.717, 1.165) is 0 Å². The maximum absolute atomic E-state index is 12.1. The van der Waals surface area contributed by atoms with Crippen LogP contribution in [0.4, 0.5) is 26.3 Å². The first kappa shape index (κ1) is 19.2. The first-order valence-electron chi connectivity index (χ1n) is 4.89. The second kappa shape index (κ2) is 7.88. The van der Waals surface area contributed by atoms with Crippen LogP contribution in [0, 0.1) is 34.9 Å². The number of halogens is 6. The summed E-state index contributed by atoms with van der Waals surface area (Å²) in [5.74, 6) is -9.58. The Kier molecular flexibility index (Phi) is 7.22. The van der Waals surface area contributed by atoms with Crippen molar-refractivity contribution < 1.29 is 56.0 Å². The van der Waals surface area contributed by atoms with Gasteiger partial charge in [-0.15, -0.1) is 0 Å². The van der Waals surface area contributed by atoms with E-state index < -0.39 is 46.4 Å². The molecular weight excluding hydrogens is 356 g/mol. The van der Waals surface area contributed by atoms with Crippen molar-refractivity contribution in [3.05, 3.63) is 59.2 Å². The van der Waals surface area contributed by atoms with Gasteiger partial charge in [-0.1, -0.05) is 0 Å². The summed E-state index contributed by atoms with van der Waals surface area (Å²) in [4.78, 5) is 0. The summed E-state index contributed by atoms with van der Waals surface area (Å²) in [7, 11) is 0. The second-order valence-electron chi connectivity index (χ2n) is 3.44. The van der Waals surface area contributed by atoms with Crippen LogP contribution in [-0.4, -0.2) is 10.2 Å². The van der Waals surface area contributed by atoms with Crippen molar-refractivity contribution in [3.63, 3.8) is 0 Å². The standard InChI is InChI=1S/2C6H3F3O.Zn/c2*7-3-1-4(8)6(10)5(9)2-3;/h2*1-2,10H;. The van der Waals surface area contributed by atoms with E-state index in [1.54, 1.807) is 0 Å². The fourth-order valence-electron chi connectivity index (χ4n) is 1.07. The van der Waals surface area contributed by atoms with Crippen LogP contribution in [0.3, 0.4) is 0 Å². The first-order valence-corrected chi connectivity index (χ1v) is 4.89. The smallest absolute Gasteiger partial charge is 0.187 e. The molecule has 2 rings (SSSR count). The molecule has 0 saturated carbocycles. The quantitative estimate of drug-likeness (QED) is 0.556. The van der Waals surface area contributed by atoms with Gasteiger partial charge in [-0.05, 0) is 0 Å². The summed E-state index contributed by atoms with van der Waals surface area (Å²) in [5, 5.41) is 16.8. The van der Waals surface area contributed by atoms with E-state index in [4.69, 9.17) is 10.2 Å². The van der Waals surface area contributed by atoms with Crippen LogP contribution in [0.5, 0.6) is 11.5 Å². The monoisotopic (exact) mass is 360 g/mol. The van der Waals surface area contributed by atoms with Gasteiger partial charge in [-0.25, -0.2) is 26.3 Å². The Hall–Kier alpha value is -1.76. The Morgan fingerprint density at radius 1 is 0.524 bits per heavy atom. The van der Waals surface area contributed by atoms with Gasteiger partial charge in [-0.2, -0.15) is 0 Å². The molecule has 0 saturated heterocycles. The molecule has 0 aliphatic rings. The number of benzene rings is 2. The molecule has 2 N–H and O–H groups in total. The molecule has 9 heteroatoms. The van der Waals surface area contributed by atoms with Gasteiger partial charge in [0, 0.05) is 43.7 Å². The minimum Gasteiger partial charge on any atom is -0.503 e. The van der Waals surface area contributed by atoms with Gasteiger partial charge in [0.25, 0.3) is 0 Å². The van der Waals surface area contributed by atoms with Crippen LogP contribution in [0.25, 0.3) is 0 Å². The number of hydrogen-bond donors (Lipinski definition) is 2. The Morgan fingerprint density at radius 3 is 0.905 bits per heavy atom. The van der Waals surface area contributed by atoms with Gasteiger partial charge in [-0.3, -0.25) is 0 Å². The van der Waals surface area contributed by atoms with Crippen molar-refractivity contribution >= 4 is 0 Å². The van der Waals surface area contributed by atoms with E-state index in [0.29, 0.717) is 24.3 Å².